The van der Waals surface area contributed by atoms with E-state index in [9.17, 15) is 0 Å². The van der Waals surface area contributed by atoms with Crippen LogP contribution in [-0.4, -0.2) is 9.97 Å². The fourth-order valence-corrected chi connectivity index (χ4v) is 1.90. The van der Waals surface area contributed by atoms with Crippen molar-refractivity contribution in [3.05, 3.63) is 35.4 Å². The van der Waals surface area contributed by atoms with Gasteiger partial charge < -0.3 is 4.98 Å². The van der Waals surface area contributed by atoms with Gasteiger partial charge in [-0.2, -0.15) is 0 Å². The second-order valence-electron chi connectivity index (χ2n) is 2.66. The van der Waals surface area contributed by atoms with Gasteiger partial charge in [-0.15, -0.1) is 3.96 Å². The summed E-state index contributed by atoms with van der Waals surface area (Å²) in [6.45, 7) is 3.00. The van der Waals surface area contributed by atoms with Crippen molar-refractivity contribution >= 4 is 11.5 Å². The molecular weight excluding hydrogens is 170 g/mol. The number of H-pyrrole nitrogens is 1. The first-order valence-electron chi connectivity index (χ1n) is 3.78. The Morgan fingerprint density at radius 2 is 2.58 bits per heavy atom. The van der Waals surface area contributed by atoms with Gasteiger partial charge in [-0.05, 0) is 0 Å². The van der Waals surface area contributed by atoms with E-state index in [1.165, 1.54) is 5.69 Å². The molecule has 0 radical (unpaired) electrons. The number of imidazole rings is 1. The van der Waals surface area contributed by atoms with Crippen LogP contribution in [-0.2, 0) is 6.54 Å². The van der Waals surface area contributed by atoms with Crippen LogP contribution in [0.5, 0.6) is 0 Å². The minimum Gasteiger partial charge on any atom is -0.343 e. The van der Waals surface area contributed by atoms with Gasteiger partial charge in [0.05, 0.1) is 17.9 Å². The average molecular weight is 180 g/mol. The topological polar surface area (TPSA) is 32.6 Å². The lowest BCUT2D eigenvalue weighted by Crippen LogP contribution is -2.31. The summed E-state index contributed by atoms with van der Waals surface area (Å²) in [4.78, 5) is 7.05. The van der Waals surface area contributed by atoms with Gasteiger partial charge in [-0.3, -0.25) is 0 Å². The van der Waals surface area contributed by atoms with E-state index in [1.807, 2.05) is 6.20 Å². The van der Waals surface area contributed by atoms with Crippen molar-refractivity contribution in [2.75, 3.05) is 0 Å². The van der Waals surface area contributed by atoms with E-state index < -0.39 is 0 Å². The van der Waals surface area contributed by atoms with Gasteiger partial charge in [0.15, 0.2) is 5.69 Å². The van der Waals surface area contributed by atoms with Crippen molar-refractivity contribution in [3.8, 4) is 0 Å². The lowest BCUT2D eigenvalue weighted by atomic mass is 10.4. The molecule has 0 amide bonds. The maximum Gasteiger partial charge on any atom is 0.203 e. The SMILES string of the molecule is Cc1ccs[n+]1Cc1cnc[nH]1. The van der Waals surface area contributed by atoms with Crippen molar-refractivity contribution in [1.29, 1.82) is 0 Å². The Hall–Kier alpha value is -1.16. The van der Waals surface area contributed by atoms with Crippen LogP contribution < -0.4 is 3.96 Å². The zero-order valence-electron chi connectivity index (χ0n) is 6.82. The molecule has 4 heteroatoms. The molecule has 0 aliphatic carbocycles. The van der Waals surface area contributed by atoms with Gasteiger partial charge in [-0.25, -0.2) is 4.98 Å². The predicted octanol–water partition coefficient (Wildman–Crippen LogP) is 1.12. The molecule has 62 valence electrons. The molecule has 1 N–H and O–H groups in total. The largest absolute Gasteiger partial charge is 0.343 e. The number of aromatic nitrogens is 3. The average Bonchev–Trinajstić information content (AvgIpc) is 2.65. The zero-order chi connectivity index (χ0) is 8.39. The molecule has 0 spiro atoms. The Bertz CT molecular complexity index is 350. The summed E-state index contributed by atoms with van der Waals surface area (Å²) < 4.78 is 2.22. The summed E-state index contributed by atoms with van der Waals surface area (Å²) in [5.41, 5.74) is 2.43. The molecule has 0 fully saturated rings. The fraction of sp³-hybridized carbons (Fsp3) is 0.250. The number of aryl methyl sites for hydroxylation is 1. The highest BCUT2D eigenvalue weighted by atomic mass is 32.1. The van der Waals surface area contributed by atoms with E-state index in [4.69, 9.17) is 0 Å². The van der Waals surface area contributed by atoms with Gasteiger partial charge in [0.1, 0.15) is 17.2 Å². The van der Waals surface area contributed by atoms with Crippen molar-refractivity contribution in [2.24, 2.45) is 0 Å². The first-order chi connectivity index (χ1) is 5.86. The van der Waals surface area contributed by atoms with Crippen molar-refractivity contribution < 1.29 is 3.96 Å². The molecule has 0 saturated heterocycles. The van der Waals surface area contributed by atoms with Crippen LogP contribution in [0.25, 0.3) is 0 Å². The Morgan fingerprint density at radius 3 is 3.17 bits per heavy atom. The van der Waals surface area contributed by atoms with Gasteiger partial charge in [0.25, 0.3) is 0 Å². The summed E-state index contributed by atoms with van der Waals surface area (Å²) >= 11 is 1.72. The van der Waals surface area contributed by atoms with Crippen LogP contribution in [0.3, 0.4) is 0 Å². The molecule has 2 rings (SSSR count). The third-order valence-corrected chi connectivity index (χ3v) is 2.69. The third kappa shape index (κ3) is 1.38. The standard InChI is InChI=1S/C8H10N3S/c1-7-2-3-12-11(7)5-8-4-9-6-10-8/h2-4,6H,5H2,1H3,(H,9,10)/q+1. The summed E-state index contributed by atoms with van der Waals surface area (Å²) in [7, 11) is 0. The summed E-state index contributed by atoms with van der Waals surface area (Å²) in [6.07, 6.45) is 3.56. The second-order valence-corrected chi connectivity index (χ2v) is 3.59. The van der Waals surface area contributed by atoms with E-state index in [1.54, 1.807) is 17.9 Å². The predicted molar refractivity (Wildman–Crippen MR) is 46.9 cm³/mol. The molecule has 0 aliphatic rings. The molecule has 12 heavy (non-hydrogen) atoms. The highest BCUT2D eigenvalue weighted by Gasteiger charge is 2.08. The molecule has 2 aromatic rings. The minimum atomic E-state index is 0.892. The molecule has 3 nitrogen and oxygen atoms in total. The van der Waals surface area contributed by atoms with Gasteiger partial charge in [0.2, 0.25) is 6.54 Å². The number of hydrogen-bond acceptors (Lipinski definition) is 2. The Labute approximate surface area is 74.9 Å². The Morgan fingerprint density at radius 1 is 1.67 bits per heavy atom. The molecule has 0 atom stereocenters. The van der Waals surface area contributed by atoms with E-state index in [0.29, 0.717) is 0 Å². The third-order valence-electron chi connectivity index (χ3n) is 1.76. The molecule has 0 aromatic carbocycles. The van der Waals surface area contributed by atoms with Crippen LogP contribution in [0.4, 0.5) is 0 Å². The van der Waals surface area contributed by atoms with E-state index >= 15 is 0 Å². The number of nitrogens with zero attached hydrogens (tertiary/aromatic N) is 2. The maximum atomic E-state index is 3.97. The van der Waals surface area contributed by atoms with Gasteiger partial charge in [0, 0.05) is 13.0 Å². The smallest absolute Gasteiger partial charge is 0.203 e. The molecule has 2 heterocycles. The van der Waals surface area contributed by atoms with Gasteiger partial charge >= 0.3 is 0 Å². The highest BCUT2D eigenvalue weighted by Crippen LogP contribution is 1.98. The monoisotopic (exact) mass is 180 g/mol. The van der Waals surface area contributed by atoms with Crippen LogP contribution in [0, 0.1) is 6.92 Å². The number of rotatable bonds is 2. The molecule has 2 aromatic heterocycles. The van der Waals surface area contributed by atoms with E-state index in [0.717, 1.165) is 12.2 Å². The van der Waals surface area contributed by atoms with E-state index in [2.05, 4.69) is 32.3 Å². The maximum absolute atomic E-state index is 3.97. The van der Waals surface area contributed by atoms with Crippen LogP contribution >= 0.6 is 11.5 Å². The van der Waals surface area contributed by atoms with Crippen LogP contribution in [0.2, 0.25) is 0 Å². The van der Waals surface area contributed by atoms with Crippen LogP contribution in [0.1, 0.15) is 11.4 Å². The Balaban J connectivity index is 2.20. The zero-order valence-corrected chi connectivity index (χ0v) is 7.64. The summed E-state index contributed by atoms with van der Waals surface area (Å²) in [5, 5.41) is 2.09. The lowest BCUT2D eigenvalue weighted by Gasteiger charge is -1.88. The molecule has 0 bridgehead atoms. The first kappa shape index (κ1) is 7.49. The minimum absolute atomic E-state index is 0.892. The molecule has 0 saturated carbocycles. The summed E-state index contributed by atoms with van der Waals surface area (Å²) in [5.74, 6) is 0. The van der Waals surface area contributed by atoms with Crippen molar-refractivity contribution in [3.63, 3.8) is 0 Å². The summed E-state index contributed by atoms with van der Waals surface area (Å²) in [6, 6.07) is 2.11. The van der Waals surface area contributed by atoms with E-state index in [-0.39, 0.29) is 0 Å². The van der Waals surface area contributed by atoms with Gasteiger partial charge in [-0.1, -0.05) is 0 Å². The molecule has 0 unspecified atom stereocenters. The van der Waals surface area contributed by atoms with Crippen LogP contribution in [0.15, 0.2) is 24.0 Å². The quantitative estimate of drug-likeness (QED) is 0.690. The normalized spacial score (nSPS) is 10.4. The number of hydrogen-bond donors (Lipinski definition) is 1. The molecule has 0 aliphatic heterocycles. The lowest BCUT2D eigenvalue weighted by molar-refractivity contribution is -0.626. The number of nitrogens with one attached hydrogen (secondary N) is 1. The molecular formula is C8H10N3S+. The van der Waals surface area contributed by atoms with Crippen molar-refractivity contribution in [2.45, 2.75) is 13.5 Å². The second kappa shape index (κ2) is 3.06. The Kier molecular flexibility index (Phi) is 1.91. The van der Waals surface area contributed by atoms with Crippen molar-refractivity contribution in [1.82, 2.24) is 9.97 Å². The first-order valence-corrected chi connectivity index (χ1v) is 4.61. The fourth-order valence-electron chi connectivity index (χ4n) is 1.06. The number of aromatic amines is 1. The highest BCUT2D eigenvalue weighted by molar-refractivity contribution is 6.99.